The van der Waals surface area contributed by atoms with E-state index in [1.165, 1.54) is 10.8 Å². The Bertz CT molecular complexity index is 702. The van der Waals surface area contributed by atoms with E-state index in [-0.39, 0.29) is 6.04 Å². The SMILES string of the molecule is Nc1ccc(C(N)c2ccc3ccccc3c2)cc1. The van der Waals surface area contributed by atoms with Crippen LogP contribution in [-0.2, 0) is 0 Å². The van der Waals surface area contributed by atoms with Crippen molar-refractivity contribution in [1.82, 2.24) is 0 Å². The maximum Gasteiger partial charge on any atom is 0.0551 e. The molecule has 2 nitrogen and oxygen atoms in total. The van der Waals surface area contributed by atoms with Gasteiger partial charge in [-0.3, -0.25) is 0 Å². The highest BCUT2D eigenvalue weighted by Crippen LogP contribution is 2.24. The van der Waals surface area contributed by atoms with Crippen molar-refractivity contribution in [3.63, 3.8) is 0 Å². The first-order valence-corrected chi connectivity index (χ1v) is 6.34. The molecule has 3 aromatic rings. The van der Waals surface area contributed by atoms with Gasteiger partial charge in [0.25, 0.3) is 0 Å². The van der Waals surface area contributed by atoms with Crippen LogP contribution >= 0.6 is 0 Å². The van der Waals surface area contributed by atoms with E-state index in [1.807, 2.05) is 36.4 Å². The Morgan fingerprint density at radius 1 is 0.684 bits per heavy atom. The molecular weight excluding hydrogens is 232 g/mol. The Hall–Kier alpha value is -2.32. The van der Waals surface area contributed by atoms with Gasteiger partial charge in [0.2, 0.25) is 0 Å². The molecule has 0 bridgehead atoms. The summed E-state index contributed by atoms with van der Waals surface area (Å²) in [5.41, 5.74) is 15.0. The summed E-state index contributed by atoms with van der Waals surface area (Å²) >= 11 is 0. The minimum atomic E-state index is -0.120. The molecular formula is C17H16N2. The van der Waals surface area contributed by atoms with E-state index < -0.39 is 0 Å². The van der Waals surface area contributed by atoms with E-state index in [0.29, 0.717) is 0 Å². The number of hydrogen-bond donors (Lipinski definition) is 2. The maximum absolute atomic E-state index is 6.32. The molecule has 94 valence electrons. The number of rotatable bonds is 2. The lowest BCUT2D eigenvalue weighted by Crippen LogP contribution is -2.11. The quantitative estimate of drug-likeness (QED) is 0.682. The zero-order valence-electron chi connectivity index (χ0n) is 10.6. The van der Waals surface area contributed by atoms with E-state index >= 15 is 0 Å². The molecule has 0 aromatic heterocycles. The fourth-order valence-electron chi connectivity index (χ4n) is 2.30. The summed E-state index contributed by atoms with van der Waals surface area (Å²) in [5, 5.41) is 2.45. The molecule has 1 atom stereocenters. The Kier molecular flexibility index (Phi) is 2.94. The van der Waals surface area contributed by atoms with Gasteiger partial charge in [-0.25, -0.2) is 0 Å². The molecule has 0 aliphatic heterocycles. The summed E-state index contributed by atoms with van der Waals surface area (Å²) in [6.45, 7) is 0. The molecule has 1 unspecified atom stereocenters. The second kappa shape index (κ2) is 4.75. The molecule has 0 spiro atoms. The van der Waals surface area contributed by atoms with E-state index in [9.17, 15) is 0 Å². The third-order valence-corrected chi connectivity index (χ3v) is 3.43. The second-order valence-corrected chi connectivity index (χ2v) is 4.75. The van der Waals surface area contributed by atoms with Crippen molar-refractivity contribution in [2.75, 3.05) is 5.73 Å². The Balaban J connectivity index is 2.01. The minimum absolute atomic E-state index is 0.120. The van der Waals surface area contributed by atoms with Gasteiger partial charge in [0, 0.05) is 5.69 Å². The molecule has 0 aliphatic rings. The summed E-state index contributed by atoms with van der Waals surface area (Å²) in [7, 11) is 0. The molecule has 0 fully saturated rings. The van der Waals surface area contributed by atoms with Crippen molar-refractivity contribution in [2.24, 2.45) is 5.73 Å². The van der Waals surface area contributed by atoms with Crippen LogP contribution in [0.1, 0.15) is 17.2 Å². The first kappa shape index (κ1) is 11.8. The highest BCUT2D eigenvalue weighted by atomic mass is 14.6. The number of hydrogen-bond acceptors (Lipinski definition) is 2. The number of benzene rings is 3. The smallest absolute Gasteiger partial charge is 0.0551 e. The molecule has 3 aromatic carbocycles. The molecule has 0 amide bonds. The van der Waals surface area contributed by atoms with Crippen molar-refractivity contribution < 1.29 is 0 Å². The first-order chi connectivity index (χ1) is 9.24. The van der Waals surface area contributed by atoms with Gasteiger partial charge in [-0.15, -0.1) is 0 Å². The van der Waals surface area contributed by atoms with Gasteiger partial charge in [-0.05, 0) is 40.1 Å². The number of nitrogen functional groups attached to an aromatic ring is 1. The molecule has 0 saturated heterocycles. The van der Waals surface area contributed by atoms with Gasteiger partial charge in [0.1, 0.15) is 0 Å². The molecule has 0 heterocycles. The molecule has 3 rings (SSSR count). The first-order valence-electron chi connectivity index (χ1n) is 6.34. The van der Waals surface area contributed by atoms with Gasteiger partial charge in [-0.2, -0.15) is 0 Å². The van der Waals surface area contributed by atoms with Crippen LogP contribution in [0.15, 0.2) is 66.7 Å². The Morgan fingerprint density at radius 2 is 1.32 bits per heavy atom. The summed E-state index contributed by atoms with van der Waals surface area (Å²) in [6.07, 6.45) is 0. The van der Waals surface area contributed by atoms with E-state index in [1.54, 1.807) is 0 Å². The highest BCUT2D eigenvalue weighted by molar-refractivity contribution is 5.83. The molecule has 0 radical (unpaired) electrons. The lowest BCUT2D eigenvalue weighted by Gasteiger charge is -2.13. The predicted octanol–water partition coefficient (Wildman–Crippen LogP) is 3.47. The highest BCUT2D eigenvalue weighted by Gasteiger charge is 2.09. The second-order valence-electron chi connectivity index (χ2n) is 4.75. The van der Waals surface area contributed by atoms with E-state index in [0.717, 1.165) is 16.8 Å². The van der Waals surface area contributed by atoms with Crippen LogP contribution in [0.4, 0.5) is 5.69 Å². The topological polar surface area (TPSA) is 52.0 Å². The standard InChI is InChI=1S/C17H16N2/c18-16-9-7-13(8-10-16)17(19)15-6-5-12-3-1-2-4-14(12)11-15/h1-11,17H,18-19H2. The van der Waals surface area contributed by atoms with Crippen molar-refractivity contribution in [1.29, 1.82) is 0 Å². The largest absolute Gasteiger partial charge is 0.399 e. The van der Waals surface area contributed by atoms with Crippen LogP contribution in [0.2, 0.25) is 0 Å². The normalized spacial score (nSPS) is 12.5. The Labute approximate surface area is 112 Å². The maximum atomic E-state index is 6.32. The fourth-order valence-corrected chi connectivity index (χ4v) is 2.30. The van der Waals surface area contributed by atoms with Gasteiger partial charge in [0.05, 0.1) is 6.04 Å². The van der Waals surface area contributed by atoms with Crippen LogP contribution in [0, 0.1) is 0 Å². The van der Waals surface area contributed by atoms with Crippen LogP contribution in [-0.4, -0.2) is 0 Å². The average Bonchev–Trinajstić information content (AvgIpc) is 2.47. The van der Waals surface area contributed by atoms with Gasteiger partial charge in [0.15, 0.2) is 0 Å². The van der Waals surface area contributed by atoms with Gasteiger partial charge >= 0.3 is 0 Å². The van der Waals surface area contributed by atoms with Gasteiger partial charge < -0.3 is 11.5 Å². The monoisotopic (exact) mass is 248 g/mol. The predicted molar refractivity (Wildman–Crippen MR) is 80.8 cm³/mol. The molecule has 0 aliphatic carbocycles. The van der Waals surface area contributed by atoms with Crippen molar-refractivity contribution in [2.45, 2.75) is 6.04 Å². The third-order valence-electron chi connectivity index (χ3n) is 3.43. The molecule has 2 heteroatoms. The van der Waals surface area contributed by atoms with Crippen LogP contribution in [0.5, 0.6) is 0 Å². The minimum Gasteiger partial charge on any atom is -0.399 e. The van der Waals surface area contributed by atoms with Crippen LogP contribution in [0.25, 0.3) is 10.8 Å². The fraction of sp³-hybridized carbons (Fsp3) is 0.0588. The molecule has 0 saturated carbocycles. The summed E-state index contributed by atoms with van der Waals surface area (Å²) in [4.78, 5) is 0. The van der Waals surface area contributed by atoms with Crippen molar-refractivity contribution >= 4 is 16.5 Å². The van der Waals surface area contributed by atoms with E-state index in [2.05, 4.69) is 30.3 Å². The summed E-state index contributed by atoms with van der Waals surface area (Å²) < 4.78 is 0. The number of fused-ring (bicyclic) bond motifs is 1. The third kappa shape index (κ3) is 2.30. The van der Waals surface area contributed by atoms with Crippen LogP contribution < -0.4 is 11.5 Å². The average molecular weight is 248 g/mol. The van der Waals surface area contributed by atoms with E-state index in [4.69, 9.17) is 11.5 Å². The zero-order valence-corrected chi connectivity index (χ0v) is 10.6. The van der Waals surface area contributed by atoms with Crippen molar-refractivity contribution in [3.8, 4) is 0 Å². The lowest BCUT2D eigenvalue weighted by atomic mass is 9.97. The van der Waals surface area contributed by atoms with Gasteiger partial charge in [-0.1, -0.05) is 48.5 Å². The summed E-state index contributed by atoms with van der Waals surface area (Å²) in [6, 6.07) is 22.3. The molecule has 4 N–H and O–H groups in total. The number of anilines is 1. The Morgan fingerprint density at radius 3 is 2.05 bits per heavy atom. The van der Waals surface area contributed by atoms with Crippen molar-refractivity contribution in [3.05, 3.63) is 77.9 Å². The van der Waals surface area contributed by atoms with Crippen LogP contribution in [0.3, 0.4) is 0 Å². The lowest BCUT2D eigenvalue weighted by molar-refractivity contribution is 0.874. The zero-order chi connectivity index (χ0) is 13.2. The molecule has 19 heavy (non-hydrogen) atoms. The number of nitrogens with two attached hydrogens (primary N) is 2. The summed E-state index contributed by atoms with van der Waals surface area (Å²) in [5.74, 6) is 0.